The Hall–Kier alpha value is -2.54. The molecule has 2 fully saturated rings. The van der Waals surface area contributed by atoms with Crippen molar-refractivity contribution in [2.24, 2.45) is 5.92 Å². The molecule has 0 spiro atoms. The van der Waals surface area contributed by atoms with Crippen molar-refractivity contribution in [3.63, 3.8) is 0 Å². The number of pyridine rings is 1. The third-order valence-corrected chi connectivity index (χ3v) is 6.23. The van der Waals surface area contributed by atoms with Crippen molar-refractivity contribution in [2.75, 3.05) is 31.1 Å². The minimum absolute atomic E-state index is 0.0725. The van der Waals surface area contributed by atoms with Gasteiger partial charge in [-0.3, -0.25) is 14.7 Å². The summed E-state index contributed by atoms with van der Waals surface area (Å²) in [5, 5.41) is 3.08. The van der Waals surface area contributed by atoms with Crippen LogP contribution in [0.2, 0.25) is 0 Å². The molecule has 160 valence electrons. The van der Waals surface area contributed by atoms with E-state index < -0.39 is 0 Å². The summed E-state index contributed by atoms with van der Waals surface area (Å²) < 4.78 is 0. The molecule has 1 amide bonds. The Balaban J connectivity index is 1.28. The minimum Gasteiger partial charge on any atom is -0.350 e. The number of nitrogens with one attached hydrogen (secondary N) is 1. The quantitative estimate of drug-likeness (QED) is 0.819. The second-order valence-electron chi connectivity index (χ2n) is 8.54. The zero-order valence-corrected chi connectivity index (χ0v) is 18.0. The summed E-state index contributed by atoms with van der Waals surface area (Å²) in [5.41, 5.74) is 2.95. The largest absolute Gasteiger partial charge is 0.350 e. The molecule has 0 saturated carbocycles. The van der Waals surface area contributed by atoms with E-state index in [0.717, 1.165) is 74.9 Å². The number of likely N-dealkylation sites (tertiary alicyclic amines) is 1. The highest BCUT2D eigenvalue weighted by Gasteiger charge is 2.32. The Bertz CT molecular complexity index is 830. The van der Waals surface area contributed by atoms with Crippen molar-refractivity contribution in [1.82, 2.24) is 25.2 Å². The van der Waals surface area contributed by atoms with Gasteiger partial charge < -0.3 is 10.2 Å². The van der Waals surface area contributed by atoms with E-state index in [2.05, 4.69) is 30.1 Å². The second kappa shape index (κ2) is 9.51. The van der Waals surface area contributed by atoms with E-state index in [-0.39, 0.29) is 11.8 Å². The summed E-state index contributed by atoms with van der Waals surface area (Å²) in [4.78, 5) is 31.1. The molecule has 30 heavy (non-hydrogen) atoms. The Morgan fingerprint density at radius 1 is 1.10 bits per heavy atom. The van der Waals surface area contributed by atoms with Gasteiger partial charge in [-0.2, -0.15) is 0 Å². The zero-order chi connectivity index (χ0) is 20.9. The zero-order valence-electron chi connectivity index (χ0n) is 18.0. The Kier molecular flexibility index (Phi) is 6.57. The molecule has 1 N–H and O–H groups in total. The van der Waals surface area contributed by atoms with Gasteiger partial charge in [-0.15, -0.1) is 0 Å². The third-order valence-electron chi connectivity index (χ3n) is 6.23. The predicted octanol–water partition coefficient (Wildman–Crippen LogP) is 2.49. The van der Waals surface area contributed by atoms with E-state index in [1.54, 1.807) is 6.20 Å². The molecule has 2 aliphatic heterocycles. The smallest absolute Gasteiger partial charge is 0.225 e. The first-order valence-corrected chi connectivity index (χ1v) is 11.1. The fourth-order valence-corrected chi connectivity index (χ4v) is 4.66. The Labute approximate surface area is 178 Å². The molecule has 0 aromatic carbocycles. The molecule has 4 heterocycles. The molecule has 1 atom stereocenters. The fourth-order valence-electron chi connectivity index (χ4n) is 4.66. The average Bonchev–Trinajstić information content (AvgIpc) is 2.78. The van der Waals surface area contributed by atoms with Crippen LogP contribution in [0.1, 0.15) is 42.8 Å². The summed E-state index contributed by atoms with van der Waals surface area (Å²) in [5.74, 6) is 1.09. The van der Waals surface area contributed by atoms with E-state index in [0.29, 0.717) is 12.6 Å². The Morgan fingerprint density at radius 2 is 1.87 bits per heavy atom. The van der Waals surface area contributed by atoms with Gasteiger partial charge in [0.1, 0.15) is 0 Å². The summed E-state index contributed by atoms with van der Waals surface area (Å²) in [6.07, 6.45) is 6.01. The van der Waals surface area contributed by atoms with Gasteiger partial charge in [-0.1, -0.05) is 6.07 Å². The van der Waals surface area contributed by atoms with Crippen LogP contribution in [0.15, 0.2) is 30.5 Å². The minimum atomic E-state index is 0.0725. The van der Waals surface area contributed by atoms with E-state index in [1.165, 1.54) is 0 Å². The summed E-state index contributed by atoms with van der Waals surface area (Å²) in [6.45, 7) is 8.45. The lowest BCUT2D eigenvalue weighted by atomic mass is 9.93. The van der Waals surface area contributed by atoms with Crippen molar-refractivity contribution in [1.29, 1.82) is 0 Å². The number of hydrogen-bond donors (Lipinski definition) is 1. The topological polar surface area (TPSA) is 74.2 Å². The number of aromatic nitrogens is 3. The predicted molar refractivity (Wildman–Crippen MR) is 117 cm³/mol. The molecular weight excluding hydrogens is 376 g/mol. The van der Waals surface area contributed by atoms with Crippen LogP contribution in [-0.2, 0) is 11.3 Å². The van der Waals surface area contributed by atoms with E-state index in [9.17, 15) is 4.79 Å². The lowest BCUT2D eigenvalue weighted by Gasteiger charge is -2.42. The molecule has 2 aromatic heterocycles. The average molecular weight is 409 g/mol. The van der Waals surface area contributed by atoms with Gasteiger partial charge >= 0.3 is 0 Å². The van der Waals surface area contributed by atoms with E-state index >= 15 is 0 Å². The molecule has 2 aromatic rings. The van der Waals surface area contributed by atoms with Gasteiger partial charge in [0.2, 0.25) is 11.9 Å². The van der Waals surface area contributed by atoms with E-state index in [1.807, 2.05) is 38.1 Å². The standard InChI is InChI=1S/C23H32N6O/c1-17-14-18(2)27-23(26-17)28-12-8-21(9-13-28)29-11-5-6-19(16-29)22(30)25-15-20-7-3-4-10-24-20/h3-4,7,10,14,19,21H,5-6,8-9,11-13,15-16H2,1-2H3,(H,25,30). The third kappa shape index (κ3) is 5.14. The van der Waals surface area contributed by atoms with Crippen LogP contribution in [0.3, 0.4) is 0 Å². The van der Waals surface area contributed by atoms with E-state index in [4.69, 9.17) is 0 Å². The molecule has 7 heteroatoms. The summed E-state index contributed by atoms with van der Waals surface area (Å²) in [7, 11) is 0. The molecule has 0 bridgehead atoms. The first-order chi connectivity index (χ1) is 14.6. The van der Waals surface area contributed by atoms with Gasteiger partial charge in [0.05, 0.1) is 18.2 Å². The number of carbonyl (C=O) groups is 1. The molecular formula is C23H32N6O. The first kappa shape index (κ1) is 20.7. The first-order valence-electron chi connectivity index (χ1n) is 11.1. The van der Waals surface area contributed by atoms with Crippen LogP contribution in [-0.4, -0.2) is 58.0 Å². The highest BCUT2D eigenvalue weighted by atomic mass is 16.1. The number of aryl methyl sites for hydroxylation is 2. The monoisotopic (exact) mass is 408 g/mol. The number of nitrogens with zero attached hydrogens (tertiary/aromatic N) is 5. The van der Waals surface area contributed by atoms with Crippen LogP contribution in [0.5, 0.6) is 0 Å². The SMILES string of the molecule is Cc1cc(C)nc(N2CCC(N3CCCC(C(=O)NCc4ccccn4)C3)CC2)n1. The van der Waals surface area contributed by atoms with Gasteiger partial charge in [-0.05, 0) is 64.3 Å². The maximum Gasteiger partial charge on any atom is 0.225 e. The van der Waals surface area contributed by atoms with Gasteiger partial charge in [0.15, 0.2) is 0 Å². The lowest BCUT2D eigenvalue weighted by molar-refractivity contribution is -0.127. The number of rotatable bonds is 5. The molecule has 2 aliphatic rings. The molecule has 4 rings (SSSR count). The maximum atomic E-state index is 12.7. The van der Waals surface area contributed by atoms with Crippen LogP contribution >= 0.6 is 0 Å². The van der Waals surface area contributed by atoms with Gasteiger partial charge in [0, 0.05) is 43.3 Å². The van der Waals surface area contributed by atoms with Crippen molar-refractivity contribution in [3.05, 3.63) is 47.5 Å². The number of hydrogen-bond acceptors (Lipinski definition) is 6. The normalized spacial score (nSPS) is 20.9. The highest BCUT2D eigenvalue weighted by molar-refractivity contribution is 5.78. The Morgan fingerprint density at radius 3 is 2.57 bits per heavy atom. The number of amides is 1. The van der Waals surface area contributed by atoms with Crippen molar-refractivity contribution in [2.45, 2.75) is 52.1 Å². The number of carbonyl (C=O) groups excluding carboxylic acids is 1. The highest BCUT2D eigenvalue weighted by Crippen LogP contribution is 2.25. The van der Waals surface area contributed by atoms with Crippen LogP contribution < -0.4 is 10.2 Å². The van der Waals surface area contributed by atoms with Crippen LogP contribution in [0.25, 0.3) is 0 Å². The molecule has 7 nitrogen and oxygen atoms in total. The van der Waals surface area contributed by atoms with Gasteiger partial charge in [0.25, 0.3) is 0 Å². The van der Waals surface area contributed by atoms with Gasteiger partial charge in [-0.25, -0.2) is 9.97 Å². The molecule has 1 unspecified atom stereocenters. The number of piperidine rings is 2. The van der Waals surface area contributed by atoms with Crippen molar-refractivity contribution >= 4 is 11.9 Å². The molecule has 0 aliphatic carbocycles. The van der Waals surface area contributed by atoms with Crippen molar-refractivity contribution in [3.8, 4) is 0 Å². The van der Waals surface area contributed by atoms with Crippen molar-refractivity contribution < 1.29 is 4.79 Å². The van der Waals surface area contributed by atoms with Crippen LogP contribution in [0, 0.1) is 19.8 Å². The fraction of sp³-hybridized carbons (Fsp3) is 0.565. The lowest BCUT2D eigenvalue weighted by Crippen LogP contribution is -2.51. The maximum absolute atomic E-state index is 12.7. The molecule has 2 saturated heterocycles. The second-order valence-corrected chi connectivity index (χ2v) is 8.54. The summed E-state index contributed by atoms with van der Waals surface area (Å²) >= 11 is 0. The summed E-state index contributed by atoms with van der Waals surface area (Å²) in [6, 6.07) is 8.34. The molecule has 0 radical (unpaired) electrons. The van der Waals surface area contributed by atoms with Crippen LogP contribution in [0.4, 0.5) is 5.95 Å². The number of anilines is 1.